The zero-order valence-electron chi connectivity index (χ0n) is 12.6. The maximum atomic E-state index is 5.51. The van der Waals surface area contributed by atoms with Crippen LogP contribution in [-0.2, 0) is 0 Å². The van der Waals surface area contributed by atoms with Crippen molar-refractivity contribution in [3.8, 4) is 11.5 Å². The Bertz CT molecular complexity index is 644. The zero-order chi connectivity index (χ0) is 14.8. The molecule has 1 N–H and O–H groups in total. The molecule has 4 nitrogen and oxygen atoms in total. The van der Waals surface area contributed by atoms with Gasteiger partial charge in [0.05, 0.1) is 0 Å². The van der Waals surface area contributed by atoms with Gasteiger partial charge in [0.2, 0.25) is 0 Å². The summed E-state index contributed by atoms with van der Waals surface area (Å²) in [6.07, 6.45) is 6.84. The second kappa shape index (κ2) is 6.10. The van der Waals surface area contributed by atoms with Gasteiger partial charge in [0.15, 0.2) is 10.6 Å². The van der Waals surface area contributed by atoms with Gasteiger partial charge in [0, 0.05) is 12.2 Å². The predicted molar refractivity (Wildman–Crippen MR) is 86.5 cm³/mol. The smallest absolute Gasteiger partial charge is 0.195 e. The van der Waals surface area contributed by atoms with E-state index in [4.69, 9.17) is 12.2 Å². The molecule has 21 heavy (non-hydrogen) atoms. The van der Waals surface area contributed by atoms with Crippen molar-refractivity contribution in [2.24, 2.45) is 11.8 Å². The van der Waals surface area contributed by atoms with Crippen LogP contribution in [-0.4, -0.2) is 19.7 Å². The standard InChI is InChI=1S/C16H22N4S/c1-11(2)12-7-3-4-9-14(12)20-15(18-19-16(20)21)13-8-5-6-10-17-13/h5-6,8,10-12,14H,3-4,7,9H2,1-2H3,(H,19,21). The minimum Gasteiger partial charge on any atom is -0.295 e. The molecule has 0 spiro atoms. The molecular formula is C16H22N4S. The Morgan fingerprint density at radius 3 is 2.81 bits per heavy atom. The molecule has 2 atom stereocenters. The van der Waals surface area contributed by atoms with Crippen molar-refractivity contribution in [1.82, 2.24) is 19.7 Å². The number of aromatic nitrogens is 4. The van der Waals surface area contributed by atoms with E-state index in [0.717, 1.165) is 11.5 Å². The van der Waals surface area contributed by atoms with Crippen LogP contribution in [0.25, 0.3) is 11.5 Å². The summed E-state index contributed by atoms with van der Waals surface area (Å²) in [5.41, 5.74) is 0.887. The normalized spacial score (nSPS) is 22.6. The van der Waals surface area contributed by atoms with E-state index in [0.29, 0.717) is 22.6 Å². The van der Waals surface area contributed by atoms with Crippen LogP contribution in [0.2, 0.25) is 0 Å². The molecule has 112 valence electrons. The van der Waals surface area contributed by atoms with Crippen LogP contribution in [0, 0.1) is 16.6 Å². The van der Waals surface area contributed by atoms with Gasteiger partial charge in [-0.15, -0.1) is 0 Å². The van der Waals surface area contributed by atoms with Gasteiger partial charge in [0.1, 0.15) is 5.69 Å². The van der Waals surface area contributed by atoms with Crippen LogP contribution >= 0.6 is 12.2 Å². The molecule has 2 unspecified atom stereocenters. The van der Waals surface area contributed by atoms with Crippen molar-refractivity contribution in [2.45, 2.75) is 45.6 Å². The van der Waals surface area contributed by atoms with Crippen LogP contribution in [0.1, 0.15) is 45.6 Å². The van der Waals surface area contributed by atoms with Crippen LogP contribution in [0.5, 0.6) is 0 Å². The minimum absolute atomic E-state index is 0.432. The third kappa shape index (κ3) is 2.79. The van der Waals surface area contributed by atoms with Gasteiger partial charge in [-0.2, -0.15) is 5.10 Å². The molecule has 1 saturated carbocycles. The van der Waals surface area contributed by atoms with Gasteiger partial charge in [-0.1, -0.05) is 32.8 Å². The highest BCUT2D eigenvalue weighted by Crippen LogP contribution is 2.40. The Balaban J connectivity index is 2.05. The SMILES string of the molecule is CC(C)C1CCCCC1n1c(-c2ccccn2)n[nH]c1=S. The number of aromatic amines is 1. The molecule has 3 rings (SSSR count). The van der Waals surface area contributed by atoms with Crippen LogP contribution in [0.3, 0.4) is 0 Å². The maximum Gasteiger partial charge on any atom is 0.195 e. The molecule has 2 aromatic rings. The number of hydrogen-bond acceptors (Lipinski definition) is 3. The van der Waals surface area contributed by atoms with Crippen molar-refractivity contribution in [1.29, 1.82) is 0 Å². The Morgan fingerprint density at radius 2 is 2.10 bits per heavy atom. The number of nitrogens with one attached hydrogen (secondary N) is 1. The van der Waals surface area contributed by atoms with Gasteiger partial charge >= 0.3 is 0 Å². The molecule has 0 saturated heterocycles. The molecule has 2 heterocycles. The number of rotatable bonds is 3. The Hall–Kier alpha value is -1.49. The van der Waals surface area contributed by atoms with Gasteiger partial charge in [-0.05, 0) is 49.0 Å². The van der Waals surface area contributed by atoms with E-state index in [2.05, 4.69) is 33.6 Å². The summed E-state index contributed by atoms with van der Waals surface area (Å²) >= 11 is 5.51. The Kier molecular flexibility index (Phi) is 4.19. The fourth-order valence-corrected chi connectivity index (χ4v) is 3.79. The molecule has 1 fully saturated rings. The van der Waals surface area contributed by atoms with E-state index in [-0.39, 0.29) is 0 Å². The second-order valence-electron chi connectivity index (χ2n) is 6.20. The summed E-state index contributed by atoms with van der Waals surface area (Å²) in [6.45, 7) is 4.63. The average Bonchev–Trinajstić information content (AvgIpc) is 2.89. The molecule has 5 heteroatoms. The first kappa shape index (κ1) is 14.4. The average molecular weight is 302 g/mol. The first-order valence-corrected chi connectivity index (χ1v) is 8.17. The molecule has 1 aliphatic rings. The van der Waals surface area contributed by atoms with Gasteiger partial charge in [-0.3, -0.25) is 14.6 Å². The van der Waals surface area contributed by atoms with Gasteiger partial charge < -0.3 is 0 Å². The van der Waals surface area contributed by atoms with Gasteiger partial charge in [0.25, 0.3) is 0 Å². The van der Waals surface area contributed by atoms with E-state index < -0.39 is 0 Å². The molecular weight excluding hydrogens is 280 g/mol. The first-order chi connectivity index (χ1) is 10.2. The number of nitrogens with zero attached hydrogens (tertiary/aromatic N) is 3. The lowest BCUT2D eigenvalue weighted by Crippen LogP contribution is -2.27. The topological polar surface area (TPSA) is 46.5 Å². The fraction of sp³-hybridized carbons (Fsp3) is 0.562. The summed E-state index contributed by atoms with van der Waals surface area (Å²) in [5, 5.41) is 7.41. The molecule has 2 aromatic heterocycles. The highest BCUT2D eigenvalue weighted by atomic mass is 32.1. The Labute approximate surface area is 130 Å². The third-order valence-corrected chi connectivity index (χ3v) is 4.86. The highest BCUT2D eigenvalue weighted by Gasteiger charge is 2.31. The number of hydrogen-bond donors (Lipinski definition) is 1. The highest BCUT2D eigenvalue weighted by molar-refractivity contribution is 7.71. The summed E-state index contributed by atoms with van der Waals surface area (Å²) in [6, 6.07) is 6.34. The van der Waals surface area contributed by atoms with E-state index in [1.807, 2.05) is 18.2 Å². The largest absolute Gasteiger partial charge is 0.295 e. The summed E-state index contributed by atoms with van der Waals surface area (Å²) in [4.78, 5) is 4.44. The molecule has 0 aliphatic heterocycles. The van der Waals surface area contributed by atoms with E-state index in [1.54, 1.807) is 6.20 Å². The molecule has 0 radical (unpaired) electrons. The van der Waals surface area contributed by atoms with Gasteiger partial charge in [-0.25, -0.2) is 0 Å². The third-order valence-electron chi connectivity index (χ3n) is 4.57. The summed E-state index contributed by atoms with van der Waals surface area (Å²) < 4.78 is 2.93. The molecule has 0 aromatic carbocycles. The lowest BCUT2D eigenvalue weighted by molar-refractivity contribution is 0.184. The molecule has 0 amide bonds. The van der Waals surface area contributed by atoms with Crippen molar-refractivity contribution in [2.75, 3.05) is 0 Å². The van der Waals surface area contributed by atoms with Crippen molar-refractivity contribution in [3.63, 3.8) is 0 Å². The van der Waals surface area contributed by atoms with Crippen LogP contribution in [0.4, 0.5) is 0 Å². The number of H-pyrrole nitrogens is 1. The zero-order valence-corrected chi connectivity index (χ0v) is 13.4. The quantitative estimate of drug-likeness (QED) is 0.855. The maximum absolute atomic E-state index is 5.51. The van der Waals surface area contributed by atoms with E-state index in [1.165, 1.54) is 25.7 Å². The van der Waals surface area contributed by atoms with E-state index >= 15 is 0 Å². The van der Waals surface area contributed by atoms with E-state index in [9.17, 15) is 0 Å². The predicted octanol–water partition coefficient (Wildman–Crippen LogP) is 4.39. The van der Waals surface area contributed by atoms with Crippen molar-refractivity contribution >= 4 is 12.2 Å². The first-order valence-electron chi connectivity index (χ1n) is 7.77. The van der Waals surface area contributed by atoms with Crippen molar-refractivity contribution < 1.29 is 0 Å². The summed E-state index contributed by atoms with van der Waals surface area (Å²) in [5.74, 6) is 2.19. The second-order valence-corrected chi connectivity index (χ2v) is 6.58. The van der Waals surface area contributed by atoms with Crippen LogP contribution < -0.4 is 0 Å². The number of pyridine rings is 1. The monoisotopic (exact) mass is 302 g/mol. The minimum atomic E-state index is 0.432. The lowest BCUT2D eigenvalue weighted by Gasteiger charge is -2.35. The fourth-order valence-electron chi connectivity index (χ4n) is 3.53. The molecule has 0 bridgehead atoms. The van der Waals surface area contributed by atoms with Crippen molar-refractivity contribution in [3.05, 3.63) is 29.2 Å². The molecule has 1 aliphatic carbocycles. The van der Waals surface area contributed by atoms with Crippen LogP contribution in [0.15, 0.2) is 24.4 Å². The summed E-state index contributed by atoms with van der Waals surface area (Å²) in [7, 11) is 0. The lowest BCUT2D eigenvalue weighted by atomic mass is 9.77. The Morgan fingerprint density at radius 1 is 1.29 bits per heavy atom.